The van der Waals surface area contributed by atoms with Gasteiger partial charge < -0.3 is 10.4 Å². The number of aryl methyl sites for hydroxylation is 2. The number of rotatable bonds is 5. The highest BCUT2D eigenvalue weighted by Gasteiger charge is 2.20. The minimum atomic E-state index is -1.07. The summed E-state index contributed by atoms with van der Waals surface area (Å²) in [6, 6.07) is 3.48. The lowest BCUT2D eigenvalue weighted by atomic mass is 9.96. The molecule has 0 bridgehead atoms. The maximum absolute atomic E-state index is 12.1. The summed E-state index contributed by atoms with van der Waals surface area (Å²) in [7, 11) is 0. The van der Waals surface area contributed by atoms with E-state index in [0.717, 1.165) is 6.42 Å². The number of carbonyl (C=O) groups is 2. The zero-order valence-corrected chi connectivity index (χ0v) is 11.5. The van der Waals surface area contributed by atoms with Gasteiger partial charge in [-0.25, -0.2) is 4.79 Å². The molecule has 0 spiro atoms. The molecule has 1 rings (SSSR count). The Kier molecular flexibility index (Phi) is 5.30. The van der Waals surface area contributed by atoms with Crippen LogP contribution in [0.1, 0.15) is 45.2 Å². The quantitative estimate of drug-likeness (QED) is 0.632. The predicted molar refractivity (Wildman–Crippen MR) is 74.6 cm³/mol. The van der Waals surface area contributed by atoms with E-state index in [1.54, 1.807) is 26.0 Å². The molecule has 0 saturated carbocycles. The first-order valence-corrected chi connectivity index (χ1v) is 6.22. The molecule has 0 radical (unpaired) electrons. The van der Waals surface area contributed by atoms with Crippen LogP contribution in [-0.2, 0) is 0 Å². The van der Waals surface area contributed by atoms with Crippen molar-refractivity contribution >= 4 is 11.9 Å². The minimum absolute atomic E-state index is 0.0866. The van der Waals surface area contributed by atoms with Crippen LogP contribution in [0.4, 0.5) is 0 Å². The molecule has 4 heteroatoms. The molecule has 1 amide bonds. The molecular weight excluding hydrogens is 242 g/mol. The van der Waals surface area contributed by atoms with Crippen LogP contribution in [0, 0.1) is 13.8 Å². The van der Waals surface area contributed by atoms with Gasteiger partial charge >= 0.3 is 5.97 Å². The molecule has 1 aromatic carbocycles. The predicted octanol–water partition coefficient (Wildman–Crippen LogP) is 2.70. The van der Waals surface area contributed by atoms with E-state index in [-0.39, 0.29) is 17.0 Å². The fourth-order valence-electron chi connectivity index (χ4n) is 1.90. The van der Waals surface area contributed by atoms with Crippen LogP contribution < -0.4 is 5.32 Å². The Morgan fingerprint density at radius 3 is 2.32 bits per heavy atom. The summed E-state index contributed by atoms with van der Waals surface area (Å²) >= 11 is 0. The topological polar surface area (TPSA) is 66.4 Å². The first-order chi connectivity index (χ1) is 8.99. The summed E-state index contributed by atoms with van der Waals surface area (Å²) in [5.41, 5.74) is 1.61. The molecule has 0 aliphatic heterocycles. The largest absolute Gasteiger partial charge is 0.478 e. The lowest BCUT2D eigenvalue weighted by molar-refractivity contribution is 0.0690. The Morgan fingerprint density at radius 2 is 1.79 bits per heavy atom. The van der Waals surface area contributed by atoms with Gasteiger partial charge in [0.2, 0.25) is 0 Å². The summed E-state index contributed by atoms with van der Waals surface area (Å²) in [6.07, 6.45) is 4.59. The normalized spacial score (nSPS) is 10.7. The Morgan fingerprint density at radius 1 is 1.21 bits per heavy atom. The van der Waals surface area contributed by atoms with E-state index in [0.29, 0.717) is 17.7 Å². The van der Waals surface area contributed by atoms with Gasteiger partial charge in [0.1, 0.15) is 0 Å². The Hall–Kier alpha value is -2.10. The Labute approximate surface area is 113 Å². The maximum atomic E-state index is 12.1. The molecule has 102 valence electrons. The van der Waals surface area contributed by atoms with Crippen LogP contribution in [0.3, 0.4) is 0 Å². The highest BCUT2D eigenvalue weighted by molar-refractivity contribution is 6.06. The molecule has 4 nitrogen and oxygen atoms in total. The van der Waals surface area contributed by atoms with Gasteiger partial charge in [-0.05, 0) is 38.3 Å². The number of hydrogen-bond donors (Lipinski definition) is 2. The van der Waals surface area contributed by atoms with Crippen molar-refractivity contribution in [3.63, 3.8) is 0 Å². The molecule has 0 aromatic heterocycles. The second-order valence-corrected chi connectivity index (χ2v) is 4.37. The summed E-state index contributed by atoms with van der Waals surface area (Å²) in [6.45, 7) is 5.84. The Balaban J connectivity index is 3.01. The first-order valence-electron chi connectivity index (χ1n) is 6.22. The van der Waals surface area contributed by atoms with Crippen LogP contribution in [0.5, 0.6) is 0 Å². The number of amides is 1. The summed E-state index contributed by atoms with van der Waals surface area (Å²) in [5.74, 6) is -1.40. The molecule has 19 heavy (non-hydrogen) atoms. The van der Waals surface area contributed by atoms with Crippen LogP contribution in [0.25, 0.3) is 0 Å². The summed E-state index contributed by atoms with van der Waals surface area (Å²) < 4.78 is 0. The molecular formula is C15H19NO3. The molecule has 0 heterocycles. The van der Waals surface area contributed by atoms with Crippen LogP contribution in [-0.4, -0.2) is 23.5 Å². The van der Waals surface area contributed by atoms with Gasteiger partial charge in [0.15, 0.2) is 0 Å². The van der Waals surface area contributed by atoms with Gasteiger partial charge in [-0.15, -0.1) is 0 Å². The molecule has 0 aliphatic rings. The van der Waals surface area contributed by atoms with Gasteiger partial charge in [-0.1, -0.05) is 24.3 Å². The lowest BCUT2D eigenvalue weighted by Crippen LogP contribution is -2.27. The second-order valence-electron chi connectivity index (χ2n) is 4.37. The van der Waals surface area contributed by atoms with Gasteiger partial charge in [-0.3, -0.25) is 4.79 Å². The number of carboxylic acid groups (broad SMARTS) is 1. The van der Waals surface area contributed by atoms with Crippen molar-refractivity contribution in [2.24, 2.45) is 0 Å². The third kappa shape index (κ3) is 3.68. The highest BCUT2D eigenvalue weighted by Crippen LogP contribution is 2.18. The number of nitrogens with one attached hydrogen (secondary N) is 1. The number of allylic oxidation sites excluding steroid dienone is 1. The number of aromatic carboxylic acids is 1. The van der Waals surface area contributed by atoms with Crippen molar-refractivity contribution in [1.29, 1.82) is 0 Å². The van der Waals surface area contributed by atoms with Crippen molar-refractivity contribution in [3.05, 3.63) is 46.5 Å². The number of carboxylic acids is 1. The smallest absolute Gasteiger partial charge is 0.336 e. The van der Waals surface area contributed by atoms with Crippen LogP contribution in [0.15, 0.2) is 24.3 Å². The van der Waals surface area contributed by atoms with Gasteiger partial charge in [0.25, 0.3) is 5.91 Å². The minimum Gasteiger partial charge on any atom is -0.478 e. The van der Waals surface area contributed by atoms with Crippen molar-refractivity contribution in [1.82, 2.24) is 5.32 Å². The molecule has 0 aliphatic carbocycles. The Bertz CT molecular complexity index is 518. The highest BCUT2D eigenvalue weighted by atomic mass is 16.4. The molecule has 0 atom stereocenters. The average Bonchev–Trinajstić information content (AvgIpc) is 2.36. The summed E-state index contributed by atoms with van der Waals surface area (Å²) in [5, 5.41) is 12.0. The zero-order valence-electron chi connectivity index (χ0n) is 11.5. The first kappa shape index (κ1) is 15.0. The van der Waals surface area contributed by atoms with E-state index in [9.17, 15) is 14.7 Å². The van der Waals surface area contributed by atoms with E-state index >= 15 is 0 Å². The SMILES string of the molecule is C/C=C/CCNC(=O)c1c(C)ccc(C)c1C(=O)O. The molecule has 2 N–H and O–H groups in total. The number of benzene rings is 1. The van der Waals surface area contributed by atoms with Gasteiger partial charge in [-0.2, -0.15) is 0 Å². The fourth-order valence-corrected chi connectivity index (χ4v) is 1.90. The second kappa shape index (κ2) is 6.73. The molecule has 1 aromatic rings. The van der Waals surface area contributed by atoms with Crippen molar-refractivity contribution in [3.8, 4) is 0 Å². The molecule has 0 fully saturated rings. The number of carbonyl (C=O) groups excluding carboxylic acids is 1. The van der Waals surface area contributed by atoms with Crippen molar-refractivity contribution in [2.45, 2.75) is 27.2 Å². The van der Waals surface area contributed by atoms with Gasteiger partial charge in [0, 0.05) is 6.54 Å². The third-order valence-electron chi connectivity index (χ3n) is 2.90. The lowest BCUT2D eigenvalue weighted by Gasteiger charge is -2.12. The number of hydrogen-bond acceptors (Lipinski definition) is 2. The third-order valence-corrected chi connectivity index (χ3v) is 2.90. The van der Waals surface area contributed by atoms with E-state index in [4.69, 9.17) is 0 Å². The van der Waals surface area contributed by atoms with Crippen molar-refractivity contribution < 1.29 is 14.7 Å². The van der Waals surface area contributed by atoms with Crippen LogP contribution >= 0.6 is 0 Å². The molecule has 0 saturated heterocycles. The van der Waals surface area contributed by atoms with Gasteiger partial charge in [0.05, 0.1) is 11.1 Å². The molecule has 0 unspecified atom stereocenters. The zero-order chi connectivity index (χ0) is 14.4. The summed E-state index contributed by atoms with van der Waals surface area (Å²) in [4.78, 5) is 23.4. The van der Waals surface area contributed by atoms with Crippen molar-refractivity contribution in [2.75, 3.05) is 6.54 Å². The van der Waals surface area contributed by atoms with E-state index in [1.165, 1.54) is 0 Å². The van der Waals surface area contributed by atoms with Crippen LogP contribution in [0.2, 0.25) is 0 Å². The van der Waals surface area contributed by atoms with E-state index in [2.05, 4.69) is 5.32 Å². The standard InChI is InChI=1S/C15H19NO3/c1-4-5-6-9-16-14(17)12-10(2)7-8-11(3)13(12)15(18)19/h4-5,7-8H,6,9H2,1-3H3,(H,16,17)(H,18,19)/b5-4+. The fraction of sp³-hybridized carbons (Fsp3) is 0.333. The maximum Gasteiger partial charge on any atom is 0.336 e. The van der Waals surface area contributed by atoms with E-state index in [1.807, 2.05) is 19.1 Å². The van der Waals surface area contributed by atoms with E-state index < -0.39 is 5.97 Å². The average molecular weight is 261 g/mol. The monoisotopic (exact) mass is 261 g/mol.